The molecule has 4 rings (SSSR count). The highest BCUT2D eigenvalue weighted by molar-refractivity contribution is 7.99. The van der Waals surface area contributed by atoms with Crippen LogP contribution in [0.25, 0.3) is 17.1 Å². The van der Waals surface area contributed by atoms with Gasteiger partial charge in [-0.15, -0.1) is 10.2 Å². The Morgan fingerprint density at radius 1 is 0.947 bits per heavy atom. The average molecular weight is 550 g/mol. The number of hydrogen-bond acceptors (Lipinski definition) is 8. The molecule has 0 saturated heterocycles. The molecule has 1 N–H and O–H groups in total. The molecule has 1 aromatic heterocycles. The Morgan fingerprint density at radius 2 is 1.61 bits per heavy atom. The summed E-state index contributed by atoms with van der Waals surface area (Å²) in [5.41, 5.74) is 5.59. The van der Waals surface area contributed by atoms with Crippen LogP contribution in [0.5, 0.6) is 11.5 Å². The van der Waals surface area contributed by atoms with Gasteiger partial charge >= 0.3 is 5.97 Å². The highest BCUT2D eigenvalue weighted by Gasteiger charge is 2.17. The number of nitrogens with zero attached hydrogens (tertiary/aromatic N) is 4. The van der Waals surface area contributed by atoms with E-state index in [2.05, 4.69) is 20.7 Å². The van der Waals surface area contributed by atoms with Crippen molar-refractivity contribution in [1.29, 1.82) is 0 Å². The molecule has 0 atom stereocenters. The summed E-state index contributed by atoms with van der Waals surface area (Å²) >= 11 is 7.33. The fourth-order valence-electron chi connectivity index (χ4n) is 3.42. The van der Waals surface area contributed by atoms with Gasteiger partial charge in [-0.05, 0) is 85.3 Å². The summed E-state index contributed by atoms with van der Waals surface area (Å²) in [5.74, 6) is 1.15. The van der Waals surface area contributed by atoms with Crippen molar-refractivity contribution in [1.82, 2.24) is 20.2 Å². The number of carbonyl (C=O) groups is 2. The lowest BCUT2D eigenvalue weighted by atomic mass is 10.1. The molecule has 0 spiro atoms. The van der Waals surface area contributed by atoms with Gasteiger partial charge in [0.25, 0.3) is 5.91 Å². The molecule has 194 valence electrons. The summed E-state index contributed by atoms with van der Waals surface area (Å²) in [6.45, 7) is 3.11. The lowest BCUT2D eigenvalue weighted by Crippen LogP contribution is -2.21. The molecule has 11 heteroatoms. The van der Waals surface area contributed by atoms with Crippen molar-refractivity contribution in [2.24, 2.45) is 5.10 Å². The van der Waals surface area contributed by atoms with E-state index in [-0.39, 0.29) is 11.7 Å². The van der Waals surface area contributed by atoms with Crippen molar-refractivity contribution in [3.05, 3.63) is 83.4 Å². The zero-order valence-corrected chi connectivity index (χ0v) is 22.4. The van der Waals surface area contributed by atoms with Gasteiger partial charge in [-0.3, -0.25) is 14.2 Å². The van der Waals surface area contributed by atoms with Crippen LogP contribution in [0.4, 0.5) is 0 Å². The van der Waals surface area contributed by atoms with Crippen molar-refractivity contribution in [3.63, 3.8) is 0 Å². The fourth-order valence-corrected chi connectivity index (χ4v) is 4.29. The molecule has 1 heterocycles. The number of hydrogen-bond donors (Lipinski definition) is 1. The van der Waals surface area contributed by atoms with Gasteiger partial charge in [0.05, 0.1) is 18.6 Å². The number of methoxy groups -OCH3 is 1. The molecule has 0 aliphatic heterocycles. The number of esters is 1. The number of amides is 1. The van der Waals surface area contributed by atoms with E-state index in [1.807, 2.05) is 41.0 Å². The van der Waals surface area contributed by atoms with Gasteiger partial charge in [-0.1, -0.05) is 23.4 Å². The molecular formula is C27H24ClN5O4S. The number of ether oxygens (including phenoxy) is 2. The summed E-state index contributed by atoms with van der Waals surface area (Å²) in [5, 5.41) is 14.1. The van der Waals surface area contributed by atoms with Crippen LogP contribution in [0.1, 0.15) is 19.4 Å². The topological polar surface area (TPSA) is 108 Å². The standard InChI is InChI=1S/C27H24ClN5O4S/c1-17(19-4-14-24(15-5-19)37-18(2)34)29-30-25(35)16-38-27-32-31-26(20-6-12-23(36-3)13-7-20)33(27)22-10-8-21(28)9-11-22/h4-15H,16H2,1-3H3,(H,30,35). The second-order valence-electron chi connectivity index (χ2n) is 7.99. The maximum absolute atomic E-state index is 12.6. The van der Waals surface area contributed by atoms with Crippen LogP contribution in [0, 0.1) is 0 Å². The number of thioether (sulfide) groups is 1. The average Bonchev–Trinajstić information content (AvgIpc) is 3.35. The number of rotatable bonds is 9. The van der Waals surface area contributed by atoms with E-state index >= 15 is 0 Å². The predicted octanol–water partition coefficient (Wildman–Crippen LogP) is 5.15. The minimum atomic E-state index is -0.393. The SMILES string of the molecule is COc1ccc(-c2nnc(SCC(=O)NN=C(C)c3ccc(OC(C)=O)cc3)n2-c2ccc(Cl)cc2)cc1. The molecule has 9 nitrogen and oxygen atoms in total. The van der Waals surface area contributed by atoms with Crippen LogP contribution in [-0.4, -0.2) is 45.2 Å². The van der Waals surface area contributed by atoms with E-state index in [9.17, 15) is 9.59 Å². The molecule has 0 unspecified atom stereocenters. The molecule has 0 aliphatic rings. The van der Waals surface area contributed by atoms with Gasteiger partial charge in [0, 0.05) is 23.2 Å². The molecule has 0 fully saturated rings. The number of aromatic nitrogens is 3. The van der Waals surface area contributed by atoms with E-state index in [4.69, 9.17) is 21.1 Å². The Kier molecular flexibility index (Phi) is 8.77. The zero-order valence-electron chi connectivity index (χ0n) is 20.8. The maximum atomic E-state index is 12.6. The van der Waals surface area contributed by atoms with Crippen molar-refractivity contribution in [2.45, 2.75) is 19.0 Å². The van der Waals surface area contributed by atoms with Gasteiger partial charge < -0.3 is 9.47 Å². The summed E-state index contributed by atoms with van der Waals surface area (Å²) in [4.78, 5) is 23.7. The number of halogens is 1. The number of hydrazone groups is 1. The summed E-state index contributed by atoms with van der Waals surface area (Å²) < 4.78 is 12.2. The van der Waals surface area contributed by atoms with Crippen LogP contribution in [0.3, 0.4) is 0 Å². The Bertz CT molecular complexity index is 1450. The van der Waals surface area contributed by atoms with Crippen LogP contribution in [0.2, 0.25) is 5.02 Å². The van der Waals surface area contributed by atoms with Crippen LogP contribution < -0.4 is 14.9 Å². The van der Waals surface area contributed by atoms with Crippen molar-refractivity contribution >= 4 is 41.0 Å². The first-order chi connectivity index (χ1) is 18.3. The third-order valence-corrected chi connectivity index (χ3v) is 6.46. The Labute approximate surface area is 228 Å². The predicted molar refractivity (Wildman–Crippen MR) is 147 cm³/mol. The Morgan fingerprint density at radius 3 is 2.24 bits per heavy atom. The highest BCUT2D eigenvalue weighted by atomic mass is 35.5. The van der Waals surface area contributed by atoms with Gasteiger partial charge in [0.2, 0.25) is 0 Å². The third kappa shape index (κ3) is 6.78. The summed E-state index contributed by atoms with van der Waals surface area (Å²) in [7, 11) is 1.61. The third-order valence-electron chi connectivity index (χ3n) is 5.28. The first-order valence-corrected chi connectivity index (χ1v) is 12.8. The first kappa shape index (κ1) is 26.9. The molecule has 1 amide bonds. The second-order valence-corrected chi connectivity index (χ2v) is 9.36. The molecule has 3 aromatic carbocycles. The molecule has 0 bridgehead atoms. The molecular weight excluding hydrogens is 526 g/mol. The van der Waals surface area contributed by atoms with Gasteiger partial charge in [0.15, 0.2) is 11.0 Å². The van der Waals surface area contributed by atoms with Crippen molar-refractivity contribution in [3.8, 4) is 28.6 Å². The minimum absolute atomic E-state index is 0.0660. The van der Waals surface area contributed by atoms with E-state index in [1.54, 1.807) is 50.4 Å². The van der Waals surface area contributed by atoms with Crippen LogP contribution >= 0.6 is 23.4 Å². The Balaban J connectivity index is 1.48. The lowest BCUT2D eigenvalue weighted by Gasteiger charge is -2.11. The molecule has 0 aliphatic carbocycles. The highest BCUT2D eigenvalue weighted by Crippen LogP contribution is 2.29. The van der Waals surface area contributed by atoms with Crippen molar-refractivity contribution < 1.29 is 19.1 Å². The molecule has 0 saturated carbocycles. The van der Waals surface area contributed by atoms with Crippen molar-refractivity contribution in [2.75, 3.05) is 12.9 Å². The van der Waals surface area contributed by atoms with E-state index in [0.717, 1.165) is 22.6 Å². The van der Waals surface area contributed by atoms with Gasteiger partial charge in [-0.25, -0.2) is 5.43 Å². The second kappa shape index (κ2) is 12.4. The number of benzene rings is 3. The smallest absolute Gasteiger partial charge is 0.308 e. The molecule has 4 aromatic rings. The number of carbonyl (C=O) groups excluding carboxylic acids is 2. The van der Waals surface area contributed by atoms with E-state index < -0.39 is 5.97 Å². The lowest BCUT2D eigenvalue weighted by molar-refractivity contribution is -0.131. The fraction of sp³-hybridized carbons (Fsp3) is 0.148. The van der Waals surface area contributed by atoms with Gasteiger partial charge in [-0.2, -0.15) is 5.10 Å². The first-order valence-electron chi connectivity index (χ1n) is 11.4. The van der Waals surface area contributed by atoms with E-state index in [0.29, 0.717) is 27.5 Å². The van der Waals surface area contributed by atoms with Crippen LogP contribution in [0.15, 0.2) is 83.1 Å². The molecule has 0 radical (unpaired) electrons. The van der Waals surface area contributed by atoms with E-state index in [1.165, 1.54) is 18.7 Å². The number of nitrogens with one attached hydrogen (secondary N) is 1. The Hall–Kier alpha value is -4.15. The van der Waals surface area contributed by atoms with Crippen LogP contribution in [-0.2, 0) is 9.59 Å². The van der Waals surface area contributed by atoms with Gasteiger partial charge in [0.1, 0.15) is 11.5 Å². The molecule has 38 heavy (non-hydrogen) atoms. The zero-order chi connectivity index (χ0) is 27.1. The summed E-state index contributed by atoms with van der Waals surface area (Å²) in [6.07, 6.45) is 0. The monoisotopic (exact) mass is 549 g/mol. The quantitative estimate of drug-likeness (QED) is 0.101. The summed E-state index contributed by atoms with van der Waals surface area (Å²) in [6, 6.07) is 21.6. The minimum Gasteiger partial charge on any atom is -0.497 e. The normalized spacial score (nSPS) is 11.2. The maximum Gasteiger partial charge on any atom is 0.308 e. The largest absolute Gasteiger partial charge is 0.497 e.